The van der Waals surface area contributed by atoms with Crippen molar-refractivity contribution < 1.29 is 23.1 Å². The number of nitrogens with one attached hydrogen (secondary N) is 1. The van der Waals surface area contributed by atoms with E-state index in [1.807, 2.05) is 20.8 Å². The molecule has 0 saturated carbocycles. The monoisotopic (exact) mass is 515 g/mol. The van der Waals surface area contributed by atoms with Crippen LogP contribution in [0.25, 0.3) is 0 Å². The average Bonchev–Trinajstić information content (AvgIpc) is 3.06. The molecule has 1 aliphatic rings. The summed E-state index contributed by atoms with van der Waals surface area (Å²) in [6.45, 7) is 6.16. The molecule has 4 rings (SSSR count). The summed E-state index contributed by atoms with van der Waals surface area (Å²) >= 11 is 6.32. The molecule has 35 heavy (non-hydrogen) atoms. The highest BCUT2D eigenvalue weighted by molar-refractivity contribution is 7.92. The van der Waals surface area contributed by atoms with Gasteiger partial charge in [-0.1, -0.05) is 44.5 Å². The number of hydrogen-bond donors (Lipinski definition) is 2. The van der Waals surface area contributed by atoms with Crippen molar-refractivity contribution >= 4 is 33.2 Å². The SMILES string of the molecule is COc1cc(CN2C(=O)c3c(NS(=O)(=O)c4ccc(C(C)(C)C)cc4)ccc(Cl)c3C2O)ccn1. The van der Waals surface area contributed by atoms with Crippen molar-refractivity contribution in [3.63, 3.8) is 0 Å². The Labute approximate surface area is 209 Å². The molecule has 2 N–H and O–H groups in total. The van der Waals surface area contributed by atoms with Crippen LogP contribution in [-0.4, -0.2) is 36.4 Å². The number of aliphatic hydroxyl groups is 1. The molecule has 1 aromatic heterocycles. The second-order valence-electron chi connectivity index (χ2n) is 9.28. The van der Waals surface area contributed by atoms with Crippen molar-refractivity contribution in [1.29, 1.82) is 0 Å². The maximum atomic E-state index is 13.3. The van der Waals surface area contributed by atoms with Crippen LogP contribution in [-0.2, 0) is 22.0 Å². The number of amides is 1. The van der Waals surface area contributed by atoms with Crippen LogP contribution in [0.5, 0.6) is 5.88 Å². The van der Waals surface area contributed by atoms with Crippen LogP contribution < -0.4 is 9.46 Å². The molecule has 0 spiro atoms. The number of aliphatic hydroxyl groups excluding tert-OH is 1. The third-order valence-corrected chi connectivity index (χ3v) is 7.57. The molecule has 2 aromatic carbocycles. The molecule has 0 saturated heterocycles. The average molecular weight is 516 g/mol. The molecule has 1 unspecified atom stereocenters. The first-order valence-electron chi connectivity index (χ1n) is 10.9. The standard InChI is InChI=1S/C25H26ClN3O5S/c1-25(2,3)16-5-7-17(8-6-16)35(32,33)28-19-10-9-18(26)21-22(19)24(31)29(23(21)30)14-15-11-12-27-20(13-15)34-4/h5-13,23,28,30H,14H2,1-4H3. The first-order valence-corrected chi connectivity index (χ1v) is 12.7. The molecule has 0 aliphatic carbocycles. The quantitative estimate of drug-likeness (QED) is 0.500. The zero-order valence-electron chi connectivity index (χ0n) is 19.7. The third-order valence-electron chi connectivity index (χ3n) is 5.86. The molecular weight excluding hydrogens is 490 g/mol. The summed E-state index contributed by atoms with van der Waals surface area (Å²) < 4.78 is 33.9. The number of benzene rings is 2. The minimum Gasteiger partial charge on any atom is -0.481 e. The van der Waals surface area contributed by atoms with E-state index >= 15 is 0 Å². The van der Waals surface area contributed by atoms with Gasteiger partial charge in [-0.3, -0.25) is 9.52 Å². The number of aromatic nitrogens is 1. The van der Waals surface area contributed by atoms with Crippen LogP contribution in [0.2, 0.25) is 5.02 Å². The molecule has 8 nitrogen and oxygen atoms in total. The highest BCUT2D eigenvalue weighted by Crippen LogP contribution is 2.42. The largest absolute Gasteiger partial charge is 0.481 e. The number of carbonyl (C=O) groups excluding carboxylic acids is 1. The van der Waals surface area contributed by atoms with Crippen LogP contribution in [0.15, 0.2) is 59.6 Å². The van der Waals surface area contributed by atoms with Gasteiger partial charge in [-0.15, -0.1) is 0 Å². The third kappa shape index (κ3) is 4.84. The molecule has 184 valence electrons. The van der Waals surface area contributed by atoms with Gasteiger partial charge in [0.25, 0.3) is 15.9 Å². The van der Waals surface area contributed by atoms with Crippen LogP contribution >= 0.6 is 11.6 Å². The van der Waals surface area contributed by atoms with Crippen LogP contribution in [0.1, 0.15) is 54.0 Å². The van der Waals surface area contributed by atoms with E-state index in [1.165, 1.54) is 42.5 Å². The number of sulfonamides is 1. The van der Waals surface area contributed by atoms with E-state index in [4.69, 9.17) is 16.3 Å². The number of halogens is 1. The first kappa shape index (κ1) is 25.0. The fourth-order valence-electron chi connectivity index (χ4n) is 3.93. The number of rotatable bonds is 6. The van der Waals surface area contributed by atoms with Gasteiger partial charge in [-0.05, 0) is 46.9 Å². The zero-order valence-corrected chi connectivity index (χ0v) is 21.3. The van der Waals surface area contributed by atoms with Gasteiger partial charge in [0.2, 0.25) is 5.88 Å². The fraction of sp³-hybridized carbons (Fsp3) is 0.280. The van der Waals surface area contributed by atoms with E-state index in [0.717, 1.165) is 5.56 Å². The highest BCUT2D eigenvalue weighted by Gasteiger charge is 2.40. The summed E-state index contributed by atoms with van der Waals surface area (Å²) in [7, 11) is -2.53. The molecule has 10 heteroatoms. The lowest BCUT2D eigenvalue weighted by Gasteiger charge is -2.21. The number of nitrogens with zero attached hydrogens (tertiary/aromatic N) is 2. The number of methoxy groups -OCH3 is 1. The van der Waals surface area contributed by atoms with Gasteiger partial charge in [0.15, 0.2) is 6.23 Å². The Kier molecular flexibility index (Phi) is 6.52. The van der Waals surface area contributed by atoms with E-state index in [2.05, 4.69) is 9.71 Å². The Morgan fingerprint density at radius 2 is 1.83 bits per heavy atom. The lowest BCUT2D eigenvalue weighted by atomic mass is 9.87. The van der Waals surface area contributed by atoms with Crippen LogP contribution in [0.4, 0.5) is 5.69 Å². The number of hydrogen-bond acceptors (Lipinski definition) is 6. The van der Waals surface area contributed by atoms with Crippen LogP contribution in [0.3, 0.4) is 0 Å². The Morgan fingerprint density at radius 1 is 1.14 bits per heavy atom. The Hall–Kier alpha value is -3.14. The van der Waals surface area contributed by atoms with E-state index in [-0.39, 0.29) is 38.7 Å². The minimum atomic E-state index is -4.01. The molecule has 0 fully saturated rings. The molecule has 1 atom stereocenters. The van der Waals surface area contributed by atoms with Crippen LogP contribution in [0, 0.1) is 0 Å². The molecular formula is C25H26ClN3O5S. The molecule has 0 bridgehead atoms. The Bertz CT molecular complexity index is 1390. The number of anilines is 1. The maximum Gasteiger partial charge on any atom is 0.261 e. The van der Waals surface area contributed by atoms with E-state index in [0.29, 0.717) is 11.4 Å². The lowest BCUT2D eigenvalue weighted by Crippen LogP contribution is -2.27. The van der Waals surface area contributed by atoms with Crippen molar-refractivity contribution in [3.8, 4) is 5.88 Å². The number of carbonyl (C=O) groups is 1. The topological polar surface area (TPSA) is 109 Å². The fourth-order valence-corrected chi connectivity index (χ4v) is 5.25. The number of pyridine rings is 1. The summed E-state index contributed by atoms with van der Waals surface area (Å²) in [5.74, 6) is -0.184. The maximum absolute atomic E-state index is 13.3. The van der Waals surface area contributed by atoms with E-state index in [9.17, 15) is 18.3 Å². The van der Waals surface area contributed by atoms with Gasteiger partial charge in [-0.25, -0.2) is 13.4 Å². The van der Waals surface area contributed by atoms with E-state index in [1.54, 1.807) is 24.3 Å². The number of ether oxygens (including phenoxy) is 1. The minimum absolute atomic E-state index is 0.0147. The predicted molar refractivity (Wildman–Crippen MR) is 133 cm³/mol. The van der Waals surface area contributed by atoms with Gasteiger partial charge in [0, 0.05) is 29.4 Å². The Balaban J connectivity index is 1.66. The van der Waals surface area contributed by atoms with Gasteiger partial charge in [0.1, 0.15) is 0 Å². The molecule has 0 radical (unpaired) electrons. The summed E-state index contributed by atoms with van der Waals surface area (Å²) in [6.07, 6.45) is 0.186. The van der Waals surface area contributed by atoms with Gasteiger partial charge >= 0.3 is 0 Å². The van der Waals surface area contributed by atoms with Gasteiger partial charge in [0.05, 0.1) is 23.3 Å². The molecule has 1 amide bonds. The first-order chi connectivity index (χ1) is 16.4. The van der Waals surface area contributed by atoms with Crippen molar-refractivity contribution in [3.05, 3.63) is 82.0 Å². The zero-order chi connectivity index (χ0) is 25.5. The second kappa shape index (κ2) is 9.14. The smallest absolute Gasteiger partial charge is 0.261 e. The summed E-state index contributed by atoms with van der Waals surface area (Å²) in [6, 6.07) is 12.8. The van der Waals surface area contributed by atoms with Gasteiger partial charge < -0.3 is 14.7 Å². The second-order valence-corrected chi connectivity index (χ2v) is 11.4. The number of fused-ring (bicyclic) bond motifs is 1. The molecule has 1 aliphatic heterocycles. The summed E-state index contributed by atoms with van der Waals surface area (Å²) in [5, 5.41) is 11.1. The summed E-state index contributed by atoms with van der Waals surface area (Å²) in [4.78, 5) is 18.6. The lowest BCUT2D eigenvalue weighted by molar-refractivity contribution is 0.0137. The highest BCUT2D eigenvalue weighted by atomic mass is 35.5. The molecule has 2 heterocycles. The van der Waals surface area contributed by atoms with Crippen molar-refractivity contribution in [2.75, 3.05) is 11.8 Å². The van der Waals surface area contributed by atoms with Crippen molar-refractivity contribution in [2.24, 2.45) is 0 Å². The van der Waals surface area contributed by atoms with Crippen molar-refractivity contribution in [1.82, 2.24) is 9.88 Å². The van der Waals surface area contributed by atoms with E-state index < -0.39 is 22.2 Å². The van der Waals surface area contributed by atoms with Crippen molar-refractivity contribution in [2.45, 2.75) is 43.9 Å². The molecule has 3 aromatic rings. The van der Waals surface area contributed by atoms with Gasteiger partial charge in [-0.2, -0.15) is 0 Å². The Morgan fingerprint density at radius 3 is 2.46 bits per heavy atom. The normalized spacial score (nSPS) is 15.8. The summed E-state index contributed by atoms with van der Waals surface area (Å²) in [5.41, 5.74) is 1.75. The predicted octanol–water partition coefficient (Wildman–Crippen LogP) is 4.49.